The van der Waals surface area contributed by atoms with E-state index in [1.165, 1.54) is 12.8 Å². The summed E-state index contributed by atoms with van der Waals surface area (Å²) in [5, 5.41) is 6.60. The van der Waals surface area contributed by atoms with Crippen molar-refractivity contribution in [2.75, 3.05) is 18.4 Å². The van der Waals surface area contributed by atoms with Crippen LogP contribution in [0.4, 0.5) is 11.6 Å². The van der Waals surface area contributed by atoms with Gasteiger partial charge in [-0.2, -0.15) is 0 Å². The molecule has 1 saturated heterocycles. The van der Waals surface area contributed by atoms with Gasteiger partial charge < -0.3 is 10.6 Å². The number of hydrogen-bond donors (Lipinski definition) is 2. The number of pyridine rings is 1. The van der Waals surface area contributed by atoms with E-state index in [0.717, 1.165) is 24.6 Å². The minimum absolute atomic E-state index is 0.511. The summed E-state index contributed by atoms with van der Waals surface area (Å²) in [6, 6.07) is 6.09. The molecule has 3 heterocycles. The molecule has 3 rings (SSSR count). The van der Waals surface area contributed by atoms with Crippen LogP contribution in [-0.4, -0.2) is 28.0 Å². The average molecular weight is 255 g/mol. The third kappa shape index (κ3) is 3.06. The lowest BCUT2D eigenvalue weighted by molar-refractivity contribution is 0.455. The molecule has 1 atom stereocenters. The predicted octanol–water partition coefficient (Wildman–Crippen LogP) is 2.08. The number of hydrogen-bond acceptors (Lipinski definition) is 5. The Morgan fingerprint density at radius 2 is 2.21 bits per heavy atom. The lowest BCUT2D eigenvalue weighted by Crippen LogP contribution is -2.28. The molecule has 0 bridgehead atoms. The Kier molecular flexibility index (Phi) is 3.65. The first kappa shape index (κ1) is 12.0. The molecule has 0 aromatic carbocycles. The summed E-state index contributed by atoms with van der Waals surface area (Å²) in [7, 11) is 0. The summed E-state index contributed by atoms with van der Waals surface area (Å²) in [5.41, 5.74) is 1.14. The van der Waals surface area contributed by atoms with E-state index in [0.29, 0.717) is 11.7 Å². The van der Waals surface area contributed by atoms with Gasteiger partial charge in [0.25, 0.3) is 0 Å². The molecular formula is C14H17N5. The molecule has 5 heteroatoms. The van der Waals surface area contributed by atoms with Gasteiger partial charge in [-0.05, 0) is 31.5 Å². The minimum Gasteiger partial charge on any atom is -0.324 e. The molecule has 0 radical (unpaired) electrons. The summed E-state index contributed by atoms with van der Waals surface area (Å²) < 4.78 is 0. The van der Waals surface area contributed by atoms with Gasteiger partial charge in [0.05, 0.1) is 6.20 Å². The highest BCUT2D eigenvalue weighted by Gasteiger charge is 2.16. The third-order valence-corrected chi connectivity index (χ3v) is 3.31. The summed E-state index contributed by atoms with van der Waals surface area (Å²) in [6.45, 7) is 2.13. The van der Waals surface area contributed by atoms with Gasteiger partial charge in [0.1, 0.15) is 11.6 Å². The van der Waals surface area contributed by atoms with E-state index in [1.54, 1.807) is 18.6 Å². The Morgan fingerprint density at radius 3 is 3.00 bits per heavy atom. The monoisotopic (exact) mass is 255 g/mol. The van der Waals surface area contributed by atoms with Gasteiger partial charge in [0, 0.05) is 30.6 Å². The Balaban J connectivity index is 1.76. The zero-order chi connectivity index (χ0) is 12.9. The molecule has 0 aliphatic carbocycles. The van der Waals surface area contributed by atoms with E-state index in [4.69, 9.17) is 0 Å². The van der Waals surface area contributed by atoms with Crippen molar-refractivity contribution >= 4 is 11.6 Å². The highest BCUT2D eigenvalue weighted by molar-refractivity contribution is 5.50. The number of rotatable bonds is 3. The molecule has 5 nitrogen and oxygen atoms in total. The number of anilines is 2. The maximum atomic E-state index is 4.67. The molecular weight excluding hydrogens is 238 g/mol. The zero-order valence-electron chi connectivity index (χ0n) is 10.7. The van der Waals surface area contributed by atoms with E-state index in [-0.39, 0.29) is 0 Å². The van der Waals surface area contributed by atoms with Crippen molar-refractivity contribution in [3.05, 3.63) is 42.5 Å². The van der Waals surface area contributed by atoms with Gasteiger partial charge in [-0.15, -0.1) is 0 Å². The van der Waals surface area contributed by atoms with Gasteiger partial charge in [-0.3, -0.25) is 4.98 Å². The molecule has 2 aromatic rings. The van der Waals surface area contributed by atoms with Crippen molar-refractivity contribution in [1.29, 1.82) is 0 Å². The lowest BCUT2D eigenvalue weighted by atomic mass is 9.96. The van der Waals surface area contributed by atoms with Gasteiger partial charge in [0.2, 0.25) is 0 Å². The van der Waals surface area contributed by atoms with Crippen LogP contribution in [-0.2, 0) is 0 Å². The molecule has 1 fully saturated rings. The van der Waals surface area contributed by atoms with Crippen LogP contribution in [0.25, 0.3) is 0 Å². The maximum Gasteiger partial charge on any atom is 0.150 e. The SMILES string of the molecule is c1cc(Nc2cnccn2)nc(C2CCCNC2)c1. The molecule has 2 aromatic heterocycles. The first-order valence-corrected chi connectivity index (χ1v) is 6.62. The van der Waals surface area contributed by atoms with Crippen LogP contribution in [0.15, 0.2) is 36.8 Å². The molecule has 0 saturated carbocycles. The largest absolute Gasteiger partial charge is 0.324 e. The average Bonchev–Trinajstić information content (AvgIpc) is 2.49. The van der Waals surface area contributed by atoms with Crippen LogP contribution in [0.2, 0.25) is 0 Å². The van der Waals surface area contributed by atoms with Crippen molar-refractivity contribution in [3.63, 3.8) is 0 Å². The second kappa shape index (κ2) is 5.75. The maximum absolute atomic E-state index is 4.67. The van der Waals surface area contributed by atoms with Gasteiger partial charge in [-0.1, -0.05) is 6.07 Å². The van der Waals surface area contributed by atoms with E-state index < -0.39 is 0 Å². The van der Waals surface area contributed by atoms with Crippen LogP contribution < -0.4 is 10.6 Å². The highest BCUT2D eigenvalue weighted by atomic mass is 15.1. The van der Waals surface area contributed by atoms with E-state index in [2.05, 4.69) is 31.7 Å². The number of nitrogens with zero attached hydrogens (tertiary/aromatic N) is 3. The van der Waals surface area contributed by atoms with Crippen molar-refractivity contribution in [2.24, 2.45) is 0 Å². The molecule has 1 aliphatic heterocycles. The van der Waals surface area contributed by atoms with Crippen LogP contribution >= 0.6 is 0 Å². The molecule has 1 unspecified atom stereocenters. The first-order chi connectivity index (χ1) is 9.42. The van der Waals surface area contributed by atoms with Crippen LogP contribution in [0.1, 0.15) is 24.5 Å². The van der Waals surface area contributed by atoms with Crippen LogP contribution in [0, 0.1) is 0 Å². The normalized spacial score (nSPS) is 19.1. The fourth-order valence-electron chi connectivity index (χ4n) is 2.35. The smallest absolute Gasteiger partial charge is 0.150 e. The zero-order valence-corrected chi connectivity index (χ0v) is 10.7. The van der Waals surface area contributed by atoms with Gasteiger partial charge in [0.15, 0.2) is 0 Å². The fourth-order valence-corrected chi connectivity index (χ4v) is 2.35. The number of nitrogens with one attached hydrogen (secondary N) is 2. The summed E-state index contributed by atoms with van der Waals surface area (Å²) in [6.07, 6.45) is 7.43. The second-order valence-electron chi connectivity index (χ2n) is 4.71. The third-order valence-electron chi connectivity index (χ3n) is 3.31. The number of piperidine rings is 1. The highest BCUT2D eigenvalue weighted by Crippen LogP contribution is 2.23. The summed E-state index contributed by atoms with van der Waals surface area (Å²) in [5.74, 6) is 2.05. The van der Waals surface area contributed by atoms with Crippen molar-refractivity contribution in [1.82, 2.24) is 20.3 Å². The predicted molar refractivity (Wildman–Crippen MR) is 74.4 cm³/mol. The topological polar surface area (TPSA) is 62.7 Å². The Hall–Kier alpha value is -2.01. The molecule has 19 heavy (non-hydrogen) atoms. The van der Waals surface area contributed by atoms with E-state index in [1.807, 2.05) is 12.1 Å². The minimum atomic E-state index is 0.511. The molecule has 0 amide bonds. The fraction of sp³-hybridized carbons (Fsp3) is 0.357. The molecule has 2 N–H and O–H groups in total. The molecule has 0 spiro atoms. The quantitative estimate of drug-likeness (QED) is 0.879. The van der Waals surface area contributed by atoms with E-state index >= 15 is 0 Å². The Labute approximate surface area is 112 Å². The van der Waals surface area contributed by atoms with Gasteiger partial charge >= 0.3 is 0 Å². The molecule has 98 valence electrons. The van der Waals surface area contributed by atoms with Crippen molar-refractivity contribution in [3.8, 4) is 0 Å². The standard InChI is InChI=1S/C14H17N5/c1-4-12(11-3-2-6-15-9-11)18-13(5-1)19-14-10-16-7-8-17-14/h1,4-5,7-8,10-11,15H,2-3,6,9H2,(H,17,18,19). The van der Waals surface area contributed by atoms with E-state index in [9.17, 15) is 0 Å². The first-order valence-electron chi connectivity index (χ1n) is 6.62. The number of aromatic nitrogens is 3. The molecule has 1 aliphatic rings. The Morgan fingerprint density at radius 1 is 1.21 bits per heavy atom. The van der Waals surface area contributed by atoms with Crippen LogP contribution in [0.3, 0.4) is 0 Å². The summed E-state index contributed by atoms with van der Waals surface area (Å²) in [4.78, 5) is 12.9. The second-order valence-corrected chi connectivity index (χ2v) is 4.71. The summed E-state index contributed by atoms with van der Waals surface area (Å²) >= 11 is 0. The van der Waals surface area contributed by atoms with Gasteiger partial charge in [-0.25, -0.2) is 9.97 Å². The lowest BCUT2D eigenvalue weighted by Gasteiger charge is -2.22. The van der Waals surface area contributed by atoms with Crippen LogP contribution in [0.5, 0.6) is 0 Å². The Bertz CT molecular complexity index is 522. The van der Waals surface area contributed by atoms with Crippen molar-refractivity contribution < 1.29 is 0 Å². The van der Waals surface area contributed by atoms with Crippen molar-refractivity contribution in [2.45, 2.75) is 18.8 Å².